The molecule has 2 aliphatic rings. The molecule has 1 aliphatic carbocycles. The molecule has 2 heterocycles. The molecule has 0 saturated heterocycles. The summed E-state index contributed by atoms with van der Waals surface area (Å²) in [5, 5.41) is 12.8. The summed E-state index contributed by atoms with van der Waals surface area (Å²) in [5.41, 5.74) is 4.25. The van der Waals surface area contributed by atoms with Crippen molar-refractivity contribution in [2.24, 2.45) is 5.92 Å². The van der Waals surface area contributed by atoms with E-state index >= 15 is 0 Å². The third-order valence-electron chi connectivity index (χ3n) is 7.34. The van der Waals surface area contributed by atoms with Crippen LogP contribution in [-0.4, -0.2) is 39.9 Å². The summed E-state index contributed by atoms with van der Waals surface area (Å²) >= 11 is 0. The number of aliphatic carboxylic acids is 1. The number of benzene rings is 2. The summed E-state index contributed by atoms with van der Waals surface area (Å²) in [7, 11) is 1.38. The van der Waals surface area contributed by atoms with Gasteiger partial charge in [0.2, 0.25) is 5.95 Å². The summed E-state index contributed by atoms with van der Waals surface area (Å²) in [6.07, 6.45) is 3.83. The summed E-state index contributed by atoms with van der Waals surface area (Å²) in [6, 6.07) is 10.1. The number of imidazole rings is 1. The topological polar surface area (TPSA) is 96.7 Å². The molecule has 1 unspecified atom stereocenters. The van der Waals surface area contributed by atoms with E-state index in [4.69, 9.17) is 9.72 Å². The first-order chi connectivity index (χ1) is 16.9. The van der Waals surface area contributed by atoms with E-state index in [1.165, 1.54) is 19.2 Å². The van der Waals surface area contributed by atoms with Gasteiger partial charge in [0.1, 0.15) is 5.82 Å². The van der Waals surface area contributed by atoms with Gasteiger partial charge in [0.15, 0.2) is 0 Å². The van der Waals surface area contributed by atoms with E-state index in [0.717, 1.165) is 48.0 Å². The normalized spacial score (nSPS) is 22.0. The second-order valence-corrected chi connectivity index (χ2v) is 9.44. The molecule has 9 heteroatoms. The number of ether oxygens (including phenoxy) is 1. The number of carboxylic acid groups (broad SMARTS) is 1. The second-order valence-electron chi connectivity index (χ2n) is 9.44. The van der Waals surface area contributed by atoms with Crippen molar-refractivity contribution in [3.8, 4) is 0 Å². The van der Waals surface area contributed by atoms with Crippen molar-refractivity contribution >= 4 is 40.4 Å². The minimum Gasteiger partial charge on any atom is -0.481 e. The van der Waals surface area contributed by atoms with Gasteiger partial charge in [-0.05, 0) is 81.8 Å². The Balaban J connectivity index is 1.61. The van der Waals surface area contributed by atoms with E-state index in [-0.39, 0.29) is 23.8 Å². The predicted octanol–water partition coefficient (Wildman–Crippen LogP) is 5.64. The lowest BCUT2D eigenvalue weighted by Gasteiger charge is -2.34. The summed E-state index contributed by atoms with van der Waals surface area (Å²) in [6.45, 7) is 2.01. The first-order valence-corrected chi connectivity index (χ1v) is 12.0. The first-order valence-electron chi connectivity index (χ1n) is 12.0. The van der Waals surface area contributed by atoms with E-state index in [2.05, 4.69) is 9.88 Å². The van der Waals surface area contributed by atoms with E-state index < -0.39 is 12.1 Å². The molecule has 2 aromatic carbocycles. The number of rotatable bonds is 4. The average molecular weight is 481 g/mol. The Bertz CT molecular complexity index is 1260. The zero-order valence-electron chi connectivity index (χ0n) is 19.8. The zero-order valence-corrected chi connectivity index (χ0v) is 19.8. The number of anilines is 3. The van der Waals surface area contributed by atoms with Crippen LogP contribution < -0.4 is 10.2 Å². The van der Waals surface area contributed by atoms with Crippen molar-refractivity contribution in [1.29, 1.82) is 0 Å². The fourth-order valence-corrected chi connectivity index (χ4v) is 5.48. The standard InChI is InChI=1S/C26H29FN4O4/c1-15-3-12-20-21(30(15)26(34)35-2)13-14-22-23(20)29-25(28-18-8-6-17(27)7-9-18)31(22)19-10-4-16(5-11-19)24(32)33/h6-9,13-16,19H,3-5,10-12H2,1-2H3,(H,28,29)(H,32,33). The van der Waals surface area contributed by atoms with Gasteiger partial charge in [-0.1, -0.05) is 0 Å². The number of nitrogens with zero attached hydrogens (tertiary/aromatic N) is 3. The van der Waals surface area contributed by atoms with Crippen molar-refractivity contribution in [3.05, 3.63) is 47.8 Å². The highest BCUT2D eigenvalue weighted by Gasteiger charge is 2.33. The Morgan fingerprint density at radius 1 is 1.09 bits per heavy atom. The molecule has 8 nitrogen and oxygen atoms in total. The lowest BCUT2D eigenvalue weighted by atomic mass is 9.86. The quantitative estimate of drug-likeness (QED) is 0.501. The van der Waals surface area contributed by atoms with Crippen LogP contribution in [0.2, 0.25) is 0 Å². The molecule has 1 aromatic heterocycles. The van der Waals surface area contributed by atoms with Crippen molar-refractivity contribution in [2.45, 2.75) is 57.5 Å². The van der Waals surface area contributed by atoms with Gasteiger partial charge < -0.3 is 19.7 Å². The van der Waals surface area contributed by atoms with Crippen LogP contribution in [0.5, 0.6) is 0 Å². The second kappa shape index (κ2) is 9.20. The van der Waals surface area contributed by atoms with Crippen LogP contribution in [0.25, 0.3) is 11.0 Å². The molecule has 0 spiro atoms. The number of hydrogen-bond donors (Lipinski definition) is 2. The molecule has 1 fully saturated rings. The first kappa shape index (κ1) is 23.1. The number of methoxy groups -OCH3 is 1. The van der Waals surface area contributed by atoms with Crippen molar-refractivity contribution in [3.63, 3.8) is 0 Å². The molecule has 3 aromatic rings. The Hall–Kier alpha value is -3.62. The van der Waals surface area contributed by atoms with E-state index in [1.807, 2.05) is 19.1 Å². The Kier molecular flexibility index (Phi) is 6.08. The van der Waals surface area contributed by atoms with Crippen LogP contribution in [0.15, 0.2) is 36.4 Å². The molecule has 184 valence electrons. The van der Waals surface area contributed by atoms with Gasteiger partial charge in [-0.15, -0.1) is 0 Å². The van der Waals surface area contributed by atoms with Crippen molar-refractivity contribution in [1.82, 2.24) is 9.55 Å². The molecular formula is C26H29FN4O4. The number of amides is 1. The van der Waals surface area contributed by atoms with Crippen LogP contribution in [-0.2, 0) is 16.0 Å². The summed E-state index contributed by atoms with van der Waals surface area (Å²) in [4.78, 5) is 30.7. The highest BCUT2D eigenvalue weighted by molar-refractivity contribution is 5.96. The van der Waals surface area contributed by atoms with E-state index in [0.29, 0.717) is 24.5 Å². The van der Waals surface area contributed by atoms with Crippen molar-refractivity contribution in [2.75, 3.05) is 17.3 Å². The molecule has 2 N–H and O–H groups in total. The van der Waals surface area contributed by atoms with Gasteiger partial charge in [0, 0.05) is 23.3 Å². The molecule has 5 rings (SSSR count). The van der Waals surface area contributed by atoms with Gasteiger partial charge in [-0.3, -0.25) is 9.69 Å². The van der Waals surface area contributed by atoms with Gasteiger partial charge in [0.05, 0.1) is 29.7 Å². The van der Waals surface area contributed by atoms with Crippen molar-refractivity contribution < 1.29 is 23.8 Å². The number of fused-ring (bicyclic) bond motifs is 3. The van der Waals surface area contributed by atoms with Gasteiger partial charge in [-0.2, -0.15) is 0 Å². The number of hydrogen-bond acceptors (Lipinski definition) is 5. The number of nitrogens with one attached hydrogen (secondary N) is 1. The van der Waals surface area contributed by atoms with Gasteiger partial charge in [0.25, 0.3) is 0 Å². The minimum atomic E-state index is -0.741. The number of carbonyl (C=O) groups excluding carboxylic acids is 1. The lowest BCUT2D eigenvalue weighted by molar-refractivity contribution is -0.143. The highest BCUT2D eigenvalue weighted by Crippen LogP contribution is 2.41. The summed E-state index contributed by atoms with van der Waals surface area (Å²) < 4.78 is 20.7. The van der Waals surface area contributed by atoms with Crippen LogP contribution >= 0.6 is 0 Å². The van der Waals surface area contributed by atoms with Crippen LogP contribution in [0.4, 0.5) is 26.5 Å². The molecule has 0 radical (unpaired) electrons. The number of carbonyl (C=O) groups is 2. The van der Waals surface area contributed by atoms with Crippen LogP contribution in [0.1, 0.15) is 50.6 Å². The highest BCUT2D eigenvalue weighted by atomic mass is 19.1. The fourth-order valence-electron chi connectivity index (χ4n) is 5.48. The maximum absolute atomic E-state index is 13.5. The maximum Gasteiger partial charge on any atom is 0.414 e. The molecule has 1 saturated carbocycles. The van der Waals surface area contributed by atoms with E-state index in [1.54, 1.807) is 17.0 Å². The maximum atomic E-state index is 13.5. The third-order valence-corrected chi connectivity index (χ3v) is 7.34. The third kappa shape index (κ3) is 4.19. The van der Waals surface area contributed by atoms with Crippen LogP contribution in [0.3, 0.4) is 0 Å². The summed E-state index contributed by atoms with van der Waals surface area (Å²) in [5.74, 6) is -0.753. The molecule has 0 bridgehead atoms. The lowest BCUT2D eigenvalue weighted by Crippen LogP contribution is -2.42. The monoisotopic (exact) mass is 480 g/mol. The number of aromatic nitrogens is 2. The molecule has 1 aliphatic heterocycles. The minimum absolute atomic E-state index is 0.0117. The Morgan fingerprint density at radius 3 is 2.46 bits per heavy atom. The molecule has 35 heavy (non-hydrogen) atoms. The Labute approximate surface area is 202 Å². The van der Waals surface area contributed by atoms with Gasteiger partial charge >= 0.3 is 12.1 Å². The van der Waals surface area contributed by atoms with Crippen LogP contribution in [0, 0.1) is 11.7 Å². The Morgan fingerprint density at radius 2 is 1.80 bits per heavy atom. The fraction of sp³-hybridized carbons (Fsp3) is 0.423. The molecule has 1 atom stereocenters. The zero-order chi connectivity index (χ0) is 24.7. The van der Waals surface area contributed by atoms with Gasteiger partial charge in [-0.25, -0.2) is 14.2 Å². The van der Waals surface area contributed by atoms with E-state index in [9.17, 15) is 19.1 Å². The number of carboxylic acids is 1. The molecular weight excluding hydrogens is 451 g/mol. The largest absolute Gasteiger partial charge is 0.481 e. The average Bonchev–Trinajstić information content (AvgIpc) is 3.23. The number of halogens is 1. The number of aryl methyl sites for hydroxylation is 1. The SMILES string of the molecule is COC(=O)N1c2ccc3c(nc(Nc4ccc(F)cc4)n3C3CCC(C(=O)O)CC3)c2CCC1C. The predicted molar refractivity (Wildman–Crippen MR) is 131 cm³/mol. The smallest absolute Gasteiger partial charge is 0.414 e. The molecule has 1 amide bonds.